The number of thioether (sulfide) groups is 1. The Morgan fingerprint density at radius 2 is 1.70 bits per heavy atom. The number of anilines is 1. The van der Waals surface area contributed by atoms with Gasteiger partial charge >= 0.3 is 7.25 Å². The van der Waals surface area contributed by atoms with Crippen LogP contribution in [0.1, 0.15) is 30.3 Å². The number of halogens is 4. The molecule has 1 N–H and O–H groups in total. The van der Waals surface area contributed by atoms with Crippen LogP contribution in [0.5, 0.6) is 0 Å². The Balaban J connectivity index is 0.000000575. The van der Waals surface area contributed by atoms with E-state index in [-0.39, 0.29) is 6.61 Å². The van der Waals surface area contributed by atoms with Gasteiger partial charge < -0.3 is 27.3 Å². The molecule has 0 amide bonds. The number of nitrogens with zero attached hydrogens (tertiary/aromatic N) is 2. The summed E-state index contributed by atoms with van der Waals surface area (Å²) in [6.07, 6.45) is 3.26. The van der Waals surface area contributed by atoms with Gasteiger partial charge in [0.2, 0.25) is 0 Å². The number of para-hydroxylation sites is 1. The molecule has 2 heterocycles. The number of hydrogen-bond acceptors (Lipinski definition) is 3. The van der Waals surface area contributed by atoms with E-state index in [1.165, 1.54) is 32.6 Å². The smallest absolute Gasteiger partial charge is 0.418 e. The minimum atomic E-state index is -6.00. The Kier molecular flexibility index (Phi) is 8.38. The fourth-order valence-corrected chi connectivity index (χ4v) is 4.40. The van der Waals surface area contributed by atoms with Crippen LogP contribution in [0.15, 0.2) is 46.3 Å². The van der Waals surface area contributed by atoms with Crippen LogP contribution in [0, 0.1) is 19.8 Å². The van der Waals surface area contributed by atoms with Crippen molar-refractivity contribution in [1.29, 1.82) is 0 Å². The van der Waals surface area contributed by atoms with Crippen molar-refractivity contribution in [3.05, 3.63) is 58.4 Å². The van der Waals surface area contributed by atoms with Gasteiger partial charge in [-0.2, -0.15) is 4.57 Å². The van der Waals surface area contributed by atoms with E-state index >= 15 is 0 Å². The second-order valence-corrected chi connectivity index (χ2v) is 8.31. The Labute approximate surface area is 179 Å². The fourth-order valence-electron chi connectivity index (χ4n) is 3.29. The predicted molar refractivity (Wildman–Crippen MR) is 116 cm³/mol. The van der Waals surface area contributed by atoms with Crippen LogP contribution in [0.2, 0.25) is 0 Å². The van der Waals surface area contributed by atoms with Gasteiger partial charge in [0.25, 0.3) is 0 Å². The average Bonchev–Trinajstić information content (AvgIpc) is 2.96. The van der Waals surface area contributed by atoms with E-state index in [9.17, 15) is 22.4 Å². The third-order valence-corrected chi connectivity index (χ3v) is 6.11. The molecule has 2 aromatic rings. The van der Waals surface area contributed by atoms with Gasteiger partial charge in [-0.3, -0.25) is 0 Å². The first kappa shape index (κ1) is 24.3. The molecule has 9 heteroatoms. The summed E-state index contributed by atoms with van der Waals surface area (Å²) in [5.74, 6) is 0.317. The minimum Gasteiger partial charge on any atom is -0.418 e. The summed E-state index contributed by atoms with van der Waals surface area (Å²) < 4.78 is 41.3. The molecule has 0 saturated heterocycles. The molecule has 1 atom stereocenters. The van der Waals surface area contributed by atoms with E-state index in [0.29, 0.717) is 5.92 Å². The molecule has 3 nitrogen and oxygen atoms in total. The lowest BCUT2D eigenvalue weighted by molar-refractivity contribution is -0.714. The topological polar surface area (TPSA) is 27.4 Å². The maximum atomic E-state index is 9.75. The number of aromatic nitrogens is 1. The van der Waals surface area contributed by atoms with Crippen molar-refractivity contribution in [2.24, 2.45) is 5.92 Å². The Morgan fingerprint density at radius 1 is 1.13 bits per heavy atom. The molecule has 0 fully saturated rings. The fraction of sp³-hybridized carbons (Fsp3) is 0.381. The first-order valence-electron chi connectivity index (χ1n) is 9.75. The van der Waals surface area contributed by atoms with Crippen LogP contribution in [-0.2, 0) is 6.54 Å². The zero-order chi connectivity index (χ0) is 22.5. The molecule has 30 heavy (non-hydrogen) atoms. The largest absolute Gasteiger partial charge is 0.673 e. The Bertz CT molecular complexity index is 872. The van der Waals surface area contributed by atoms with Crippen molar-refractivity contribution in [2.45, 2.75) is 38.6 Å². The molecule has 0 bridgehead atoms. The highest BCUT2D eigenvalue weighted by Gasteiger charge is 2.22. The highest BCUT2D eigenvalue weighted by Crippen LogP contribution is 2.45. The molecular weight excluding hydrogens is 415 g/mol. The van der Waals surface area contributed by atoms with E-state index in [2.05, 4.69) is 79.8 Å². The second-order valence-electron chi connectivity index (χ2n) is 7.25. The number of benzene rings is 1. The lowest BCUT2D eigenvalue weighted by Crippen LogP contribution is -2.44. The molecule has 1 aromatic carbocycles. The summed E-state index contributed by atoms with van der Waals surface area (Å²) in [6.45, 7) is 7.56. The first-order chi connectivity index (χ1) is 14.0. The van der Waals surface area contributed by atoms with Gasteiger partial charge in [-0.25, -0.2) is 0 Å². The maximum absolute atomic E-state index is 9.75. The van der Waals surface area contributed by atoms with E-state index < -0.39 is 7.25 Å². The normalized spacial score (nSPS) is 15.6. The van der Waals surface area contributed by atoms with Gasteiger partial charge in [0.05, 0.1) is 17.3 Å². The minimum absolute atomic E-state index is 0.244. The average molecular weight is 442 g/mol. The van der Waals surface area contributed by atoms with Crippen molar-refractivity contribution in [1.82, 2.24) is 0 Å². The lowest BCUT2D eigenvalue weighted by Gasteiger charge is -2.14. The molecule has 1 aliphatic rings. The molecule has 1 aliphatic heterocycles. The van der Waals surface area contributed by atoms with E-state index in [0.717, 1.165) is 13.0 Å². The standard InChI is InChI=1S/C21H27N2OS.BF4/c1-5-17(14-24)13-23-15(2)10-18(11-16(23)3)12-21-22(4)19-8-6-7-9-20(19)25-21;2-1(3,4)5/h6-12,17,24H,5,13-14H2,1-4H3;/q+1;-1. The summed E-state index contributed by atoms with van der Waals surface area (Å²) in [5.41, 5.74) is 4.97. The molecule has 1 unspecified atom stereocenters. The zero-order valence-corrected chi connectivity index (χ0v) is 18.4. The quantitative estimate of drug-likeness (QED) is 0.379. The number of pyridine rings is 1. The van der Waals surface area contributed by atoms with Crippen LogP contribution in [-0.4, -0.2) is 26.0 Å². The molecular formula is C21H27BF4N2OS. The van der Waals surface area contributed by atoms with Gasteiger partial charge in [0.1, 0.15) is 0 Å². The van der Waals surface area contributed by atoms with Crippen LogP contribution in [0.25, 0.3) is 6.08 Å². The second kappa shape index (κ2) is 10.4. The third kappa shape index (κ3) is 6.77. The Morgan fingerprint density at radius 3 is 2.20 bits per heavy atom. The maximum Gasteiger partial charge on any atom is 0.673 e. The van der Waals surface area contributed by atoms with Crippen molar-refractivity contribution in [3.8, 4) is 0 Å². The van der Waals surface area contributed by atoms with Crippen LogP contribution in [0.3, 0.4) is 0 Å². The number of hydrogen-bond donors (Lipinski definition) is 1. The number of fused-ring (bicyclic) bond motifs is 1. The Hall–Kier alpha value is -2.00. The molecule has 0 spiro atoms. The summed E-state index contributed by atoms with van der Waals surface area (Å²) >= 11 is 1.82. The monoisotopic (exact) mass is 442 g/mol. The number of aryl methyl sites for hydroxylation is 2. The van der Waals surface area contributed by atoms with E-state index in [4.69, 9.17) is 0 Å². The van der Waals surface area contributed by atoms with Gasteiger partial charge in [0.15, 0.2) is 17.9 Å². The third-order valence-electron chi connectivity index (χ3n) is 4.94. The van der Waals surface area contributed by atoms with Gasteiger partial charge in [-0.05, 0) is 30.2 Å². The van der Waals surface area contributed by atoms with Crippen LogP contribution in [0.4, 0.5) is 23.0 Å². The molecule has 0 radical (unpaired) electrons. The first-order valence-corrected chi connectivity index (χ1v) is 10.6. The molecule has 0 saturated carbocycles. The lowest BCUT2D eigenvalue weighted by atomic mass is 10.1. The highest BCUT2D eigenvalue weighted by molar-refractivity contribution is 8.03. The molecule has 3 rings (SSSR count). The summed E-state index contributed by atoms with van der Waals surface area (Å²) in [6, 6.07) is 13.0. The zero-order valence-electron chi connectivity index (χ0n) is 17.6. The SMILES string of the molecule is CCC(CO)C[n+]1c(C)cc(/C=C2\Sc3ccccc3N2C)cc1C.F[B-](F)(F)F. The van der Waals surface area contributed by atoms with E-state index in [1.807, 2.05) is 11.8 Å². The van der Waals surface area contributed by atoms with Gasteiger partial charge in [-0.15, -0.1) is 0 Å². The molecule has 1 aromatic heterocycles. The van der Waals surface area contributed by atoms with Gasteiger partial charge in [0, 0.05) is 43.8 Å². The highest BCUT2D eigenvalue weighted by atomic mass is 32.2. The number of aliphatic hydroxyl groups excluding tert-OH is 1. The van der Waals surface area contributed by atoms with Crippen molar-refractivity contribution >= 4 is 30.8 Å². The van der Waals surface area contributed by atoms with Crippen molar-refractivity contribution in [3.63, 3.8) is 0 Å². The van der Waals surface area contributed by atoms with Gasteiger partial charge in [-0.1, -0.05) is 30.8 Å². The van der Waals surface area contributed by atoms with Crippen LogP contribution < -0.4 is 9.47 Å². The van der Waals surface area contributed by atoms with Crippen molar-refractivity contribution < 1.29 is 26.9 Å². The summed E-state index contributed by atoms with van der Waals surface area (Å²) in [7, 11) is -3.87. The number of aliphatic hydroxyl groups is 1. The van der Waals surface area contributed by atoms with Crippen LogP contribution >= 0.6 is 11.8 Å². The van der Waals surface area contributed by atoms with E-state index in [1.54, 1.807) is 0 Å². The predicted octanol–water partition coefficient (Wildman–Crippen LogP) is 5.45. The molecule has 164 valence electrons. The number of rotatable bonds is 5. The van der Waals surface area contributed by atoms with Crippen molar-refractivity contribution in [2.75, 3.05) is 18.6 Å². The summed E-state index contributed by atoms with van der Waals surface area (Å²) in [5, 5.41) is 10.7. The summed E-state index contributed by atoms with van der Waals surface area (Å²) in [4.78, 5) is 3.56. The molecule has 0 aliphatic carbocycles.